The van der Waals surface area contributed by atoms with E-state index in [9.17, 15) is 4.79 Å². The van der Waals surface area contributed by atoms with E-state index in [1.807, 2.05) is 25.7 Å². The molecular formula is C20H39N5O3. The highest BCUT2D eigenvalue weighted by Crippen LogP contribution is 2.28. The van der Waals surface area contributed by atoms with Crippen molar-refractivity contribution in [2.45, 2.75) is 64.6 Å². The number of carbonyl (C=O) groups excluding carboxylic acids is 1. The van der Waals surface area contributed by atoms with Crippen LogP contribution in [0.5, 0.6) is 0 Å². The molecule has 1 saturated heterocycles. The fourth-order valence-electron chi connectivity index (χ4n) is 3.23. The number of amides is 1. The van der Waals surface area contributed by atoms with Crippen molar-refractivity contribution in [3.05, 3.63) is 0 Å². The minimum Gasteiger partial charge on any atom is -0.444 e. The van der Waals surface area contributed by atoms with E-state index in [-0.39, 0.29) is 11.6 Å². The van der Waals surface area contributed by atoms with Crippen molar-refractivity contribution in [1.29, 1.82) is 0 Å². The van der Waals surface area contributed by atoms with Gasteiger partial charge in [-0.1, -0.05) is 0 Å². The Morgan fingerprint density at radius 1 is 1.18 bits per heavy atom. The molecule has 2 aliphatic rings. The summed E-state index contributed by atoms with van der Waals surface area (Å²) in [7, 11) is 1.77. The van der Waals surface area contributed by atoms with Crippen LogP contribution in [0.3, 0.4) is 0 Å². The Kier molecular flexibility index (Phi) is 7.95. The van der Waals surface area contributed by atoms with E-state index in [0.717, 1.165) is 51.6 Å². The monoisotopic (exact) mass is 397 g/mol. The average Bonchev–Trinajstić information content (AvgIpc) is 3.45. The quantitative estimate of drug-likeness (QED) is 0.503. The van der Waals surface area contributed by atoms with Gasteiger partial charge < -0.3 is 25.0 Å². The Balaban J connectivity index is 1.77. The smallest absolute Gasteiger partial charge is 0.410 e. The van der Waals surface area contributed by atoms with Gasteiger partial charge in [-0.3, -0.25) is 9.89 Å². The second-order valence-corrected chi connectivity index (χ2v) is 9.17. The minimum atomic E-state index is -0.472. The number of aliphatic imine (C=N–C) groups is 1. The highest BCUT2D eigenvalue weighted by atomic mass is 16.6. The largest absolute Gasteiger partial charge is 0.444 e. The first-order valence-corrected chi connectivity index (χ1v) is 10.4. The Hall–Kier alpha value is -1.54. The van der Waals surface area contributed by atoms with Crippen molar-refractivity contribution in [2.24, 2.45) is 4.99 Å². The lowest BCUT2D eigenvalue weighted by Gasteiger charge is -2.41. The van der Waals surface area contributed by atoms with Crippen molar-refractivity contribution in [2.75, 3.05) is 53.0 Å². The van der Waals surface area contributed by atoms with E-state index >= 15 is 0 Å². The average molecular weight is 398 g/mol. The summed E-state index contributed by atoms with van der Waals surface area (Å²) < 4.78 is 11.0. The lowest BCUT2D eigenvalue weighted by Crippen LogP contribution is -2.56. The van der Waals surface area contributed by atoms with Crippen molar-refractivity contribution in [3.8, 4) is 0 Å². The third-order valence-corrected chi connectivity index (χ3v) is 5.04. The third kappa shape index (κ3) is 7.47. The van der Waals surface area contributed by atoms with Gasteiger partial charge in [0.05, 0.1) is 13.2 Å². The van der Waals surface area contributed by atoms with Gasteiger partial charge in [-0.25, -0.2) is 4.79 Å². The standard InChI is InChI=1S/C20H39N5O3/c1-19(2,3)28-18(26)25(16-7-8-16)10-9-22-17(21-6)23-15-20(4,5)24-11-13-27-14-12-24/h16H,7-15H2,1-6H3,(H2,21,22,23). The topological polar surface area (TPSA) is 78.4 Å². The molecule has 1 heterocycles. The van der Waals surface area contributed by atoms with Crippen molar-refractivity contribution in [3.63, 3.8) is 0 Å². The van der Waals surface area contributed by atoms with Crippen LogP contribution in [0.1, 0.15) is 47.5 Å². The van der Waals surface area contributed by atoms with Gasteiger partial charge in [0.1, 0.15) is 5.60 Å². The van der Waals surface area contributed by atoms with Gasteiger partial charge >= 0.3 is 6.09 Å². The van der Waals surface area contributed by atoms with Gasteiger partial charge in [0.2, 0.25) is 0 Å². The van der Waals surface area contributed by atoms with E-state index in [2.05, 4.69) is 34.4 Å². The molecule has 0 atom stereocenters. The van der Waals surface area contributed by atoms with Crippen LogP contribution in [0.2, 0.25) is 0 Å². The van der Waals surface area contributed by atoms with Crippen molar-refractivity contribution < 1.29 is 14.3 Å². The van der Waals surface area contributed by atoms with Gasteiger partial charge in [-0.05, 0) is 47.5 Å². The summed E-state index contributed by atoms with van der Waals surface area (Å²) in [5.41, 5.74) is -0.460. The second kappa shape index (κ2) is 9.78. The molecule has 0 spiro atoms. The first-order chi connectivity index (χ1) is 13.1. The van der Waals surface area contributed by atoms with Gasteiger partial charge in [-0.2, -0.15) is 0 Å². The van der Waals surface area contributed by atoms with Crippen LogP contribution in [-0.4, -0.2) is 92.0 Å². The summed E-state index contributed by atoms with van der Waals surface area (Å²) in [4.78, 5) is 21.0. The Bertz CT molecular complexity index is 534. The van der Waals surface area contributed by atoms with E-state index in [0.29, 0.717) is 19.1 Å². The number of guanidine groups is 1. The molecule has 28 heavy (non-hydrogen) atoms. The first kappa shape index (κ1) is 22.7. The maximum absolute atomic E-state index is 12.4. The molecule has 0 radical (unpaired) electrons. The molecule has 1 aliphatic carbocycles. The van der Waals surface area contributed by atoms with Crippen molar-refractivity contribution >= 4 is 12.1 Å². The zero-order chi connectivity index (χ0) is 20.8. The number of carbonyl (C=O) groups is 1. The van der Waals surface area contributed by atoms with Crippen LogP contribution in [0.15, 0.2) is 4.99 Å². The van der Waals surface area contributed by atoms with Crippen LogP contribution < -0.4 is 10.6 Å². The lowest BCUT2D eigenvalue weighted by atomic mass is 10.0. The molecule has 8 heteroatoms. The van der Waals surface area contributed by atoms with Crippen LogP contribution in [0, 0.1) is 0 Å². The zero-order valence-electron chi connectivity index (χ0n) is 18.5. The van der Waals surface area contributed by atoms with Gasteiger partial charge in [0.15, 0.2) is 5.96 Å². The van der Waals surface area contributed by atoms with Gasteiger partial charge in [-0.15, -0.1) is 0 Å². The summed E-state index contributed by atoms with van der Waals surface area (Å²) in [6.07, 6.45) is 1.88. The summed E-state index contributed by atoms with van der Waals surface area (Å²) >= 11 is 0. The minimum absolute atomic E-state index is 0.0119. The number of rotatable bonds is 7. The molecule has 8 nitrogen and oxygen atoms in total. The van der Waals surface area contributed by atoms with Crippen LogP contribution in [0.25, 0.3) is 0 Å². The summed E-state index contributed by atoms with van der Waals surface area (Å²) in [6.45, 7) is 15.7. The predicted octanol–water partition coefficient (Wildman–Crippen LogP) is 1.66. The number of ether oxygens (including phenoxy) is 2. The highest BCUT2D eigenvalue weighted by molar-refractivity contribution is 5.79. The number of nitrogens with zero attached hydrogens (tertiary/aromatic N) is 3. The molecule has 0 unspecified atom stereocenters. The fourth-order valence-corrected chi connectivity index (χ4v) is 3.23. The van der Waals surface area contributed by atoms with Crippen molar-refractivity contribution in [1.82, 2.24) is 20.4 Å². The van der Waals surface area contributed by atoms with Crippen LogP contribution >= 0.6 is 0 Å². The molecule has 1 amide bonds. The Morgan fingerprint density at radius 2 is 1.82 bits per heavy atom. The maximum Gasteiger partial charge on any atom is 0.410 e. The second-order valence-electron chi connectivity index (χ2n) is 9.17. The molecule has 0 bridgehead atoms. The Morgan fingerprint density at radius 3 is 2.36 bits per heavy atom. The molecular weight excluding hydrogens is 358 g/mol. The molecule has 1 aliphatic heterocycles. The normalized spacial score (nSPS) is 19.3. The number of hydrogen-bond donors (Lipinski definition) is 2. The molecule has 0 aromatic heterocycles. The number of morpholine rings is 1. The zero-order valence-corrected chi connectivity index (χ0v) is 18.5. The first-order valence-electron chi connectivity index (χ1n) is 10.4. The third-order valence-electron chi connectivity index (χ3n) is 5.04. The SMILES string of the molecule is CN=C(NCCN(C(=O)OC(C)(C)C)C1CC1)NCC(C)(C)N1CCOCC1. The molecule has 162 valence electrons. The summed E-state index contributed by atoms with van der Waals surface area (Å²) in [5.74, 6) is 0.751. The van der Waals surface area contributed by atoms with E-state index in [1.165, 1.54) is 0 Å². The number of nitrogens with one attached hydrogen (secondary N) is 2. The summed E-state index contributed by atoms with van der Waals surface area (Å²) in [5, 5.41) is 6.74. The van der Waals surface area contributed by atoms with E-state index < -0.39 is 5.60 Å². The molecule has 2 rings (SSSR count). The maximum atomic E-state index is 12.4. The highest BCUT2D eigenvalue weighted by Gasteiger charge is 2.35. The van der Waals surface area contributed by atoms with Gasteiger partial charge in [0, 0.05) is 51.4 Å². The van der Waals surface area contributed by atoms with E-state index in [4.69, 9.17) is 9.47 Å². The lowest BCUT2D eigenvalue weighted by molar-refractivity contribution is -0.00834. The molecule has 0 aromatic rings. The van der Waals surface area contributed by atoms with Gasteiger partial charge in [0.25, 0.3) is 0 Å². The fraction of sp³-hybridized carbons (Fsp3) is 0.900. The van der Waals surface area contributed by atoms with E-state index in [1.54, 1.807) is 7.05 Å². The number of hydrogen-bond acceptors (Lipinski definition) is 5. The van der Waals surface area contributed by atoms with Crippen LogP contribution in [0.4, 0.5) is 4.79 Å². The predicted molar refractivity (Wildman–Crippen MR) is 112 cm³/mol. The molecule has 0 aromatic carbocycles. The molecule has 2 N–H and O–H groups in total. The molecule has 1 saturated carbocycles. The summed E-state index contributed by atoms with van der Waals surface area (Å²) in [6, 6.07) is 0.312. The molecule has 2 fully saturated rings. The Labute approximate surface area is 170 Å². The van der Waals surface area contributed by atoms with Crippen LogP contribution in [-0.2, 0) is 9.47 Å².